The lowest BCUT2D eigenvalue weighted by molar-refractivity contribution is 0.0956. The lowest BCUT2D eigenvalue weighted by Crippen LogP contribution is -2.33. The minimum atomic E-state index is -0.491. The fourth-order valence-electron chi connectivity index (χ4n) is 2.08. The van der Waals surface area contributed by atoms with Crippen molar-refractivity contribution in [2.75, 3.05) is 11.1 Å². The van der Waals surface area contributed by atoms with E-state index in [2.05, 4.69) is 15.5 Å². The molecule has 0 saturated carbocycles. The first-order valence-electron chi connectivity index (χ1n) is 6.98. The molecule has 2 aromatic carbocycles. The third-order valence-electron chi connectivity index (χ3n) is 3.26. The molecule has 0 fully saturated rings. The second-order valence-corrected chi connectivity index (χ2v) is 4.89. The van der Waals surface area contributed by atoms with Gasteiger partial charge in [0.15, 0.2) is 11.3 Å². The van der Waals surface area contributed by atoms with Gasteiger partial charge in [-0.3, -0.25) is 10.2 Å². The van der Waals surface area contributed by atoms with E-state index in [1.807, 2.05) is 0 Å². The maximum atomic E-state index is 13.0. The second-order valence-electron chi connectivity index (χ2n) is 4.89. The molecule has 120 valence electrons. The van der Waals surface area contributed by atoms with E-state index in [4.69, 9.17) is 11.1 Å². The number of rotatable bonds is 3. The third kappa shape index (κ3) is 2.98. The number of nitrogens with one attached hydrogen (secondary N) is 2. The van der Waals surface area contributed by atoms with Crippen molar-refractivity contribution < 1.29 is 9.18 Å². The van der Waals surface area contributed by atoms with Gasteiger partial charge in [-0.25, -0.2) is 8.96 Å². The molecule has 0 aliphatic carbocycles. The molecule has 0 bridgehead atoms. The van der Waals surface area contributed by atoms with Crippen molar-refractivity contribution in [3.8, 4) is 0 Å². The summed E-state index contributed by atoms with van der Waals surface area (Å²) in [6.07, 6.45) is 0. The Balaban J connectivity index is 2.01. The highest BCUT2D eigenvalue weighted by Crippen LogP contribution is 2.12. The van der Waals surface area contributed by atoms with Crippen LogP contribution in [0.3, 0.4) is 0 Å². The van der Waals surface area contributed by atoms with Crippen molar-refractivity contribution in [2.24, 2.45) is 0 Å². The first-order valence-corrected chi connectivity index (χ1v) is 6.98. The molecule has 0 atom stereocenters. The Hall–Kier alpha value is -3.55. The van der Waals surface area contributed by atoms with Gasteiger partial charge < -0.3 is 11.1 Å². The molecule has 0 amide bonds. The van der Waals surface area contributed by atoms with Crippen LogP contribution in [0.2, 0.25) is 0 Å². The molecule has 4 N–H and O–H groups in total. The van der Waals surface area contributed by atoms with Gasteiger partial charge in [0.25, 0.3) is 5.91 Å². The molecule has 0 unspecified atom stereocenters. The van der Waals surface area contributed by atoms with Gasteiger partial charge in [-0.05, 0) is 36.4 Å². The summed E-state index contributed by atoms with van der Waals surface area (Å²) in [7, 11) is 0. The fourth-order valence-corrected chi connectivity index (χ4v) is 2.08. The normalized spacial score (nSPS) is 10.4. The Kier molecular flexibility index (Phi) is 4.02. The largest absolute Gasteiger partial charge is 0.367 e. The van der Waals surface area contributed by atoms with Crippen LogP contribution < -0.4 is 16.5 Å². The van der Waals surface area contributed by atoms with Crippen LogP contribution in [0.4, 0.5) is 21.8 Å². The number of nitrogens with zero attached hydrogens (tertiary/aromatic N) is 3. The summed E-state index contributed by atoms with van der Waals surface area (Å²) in [5.74, 6) is -1.04. The molecule has 1 aromatic heterocycles. The monoisotopic (exact) mass is 324 g/mol. The van der Waals surface area contributed by atoms with Crippen LogP contribution >= 0.6 is 0 Å². The van der Waals surface area contributed by atoms with Crippen molar-refractivity contribution >= 4 is 23.4 Å². The molecule has 0 aliphatic heterocycles. The van der Waals surface area contributed by atoms with Crippen LogP contribution in [0.25, 0.3) is 0 Å². The predicted octanol–water partition coefficient (Wildman–Crippen LogP) is 1.91. The van der Waals surface area contributed by atoms with Crippen LogP contribution in [0, 0.1) is 11.2 Å². The fraction of sp³-hybridized carbons (Fsp3) is 0. The van der Waals surface area contributed by atoms with Gasteiger partial charge in [-0.2, -0.15) is 0 Å². The number of nitrogen functional groups attached to an aromatic ring is 1. The summed E-state index contributed by atoms with van der Waals surface area (Å²) in [4.78, 5) is 12.6. The number of anilines is 3. The minimum Gasteiger partial charge on any atom is -0.367 e. The first kappa shape index (κ1) is 15.3. The average Bonchev–Trinajstić information content (AvgIpc) is 2.60. The molecular formula is C16H13FN6O. The molecule has 24 heavy (non-hydrogen) atoms. The number of aromatic nitrogens is 3. The summed E-state index contributed by atoms with van der Waals surface area (Å²) in [5, 5.41) is 18.5. The number of hydrogen-bond donors (Lipinski definition) is 3. The zero-order valence-corrected chi connectivity index (χ0v) is 12.4. The number of halogens is 1. The zero-order chi connectivity index (χ0) is 17.1. The van der Waals surface area contributed by atoms with E-state index in [-0.39, 0.29) is 23.1 Å². The van der Waals surface area contributed by atoms with Crippen LogP contribution in [-0.2, 0) is 0 Å². The van der Waals surface area contributed by atoms with Crippen molar-refractivity contribution in [3.05, 3.63) is 71.5 Å². The van der Waals surface area contributed by atoms with Gasteiger partial charge in [0.05, 0.1) is 0 Å². The van der Waals surface area contributed by atoms with E-state index >= 15 is 0 Å². The van der Waals surface area contributed by atoms with Gasteiger partial charge >= 0.3 is 0 Å². The van der Waals surface area contributed by atoms with Crippen LogP contribution in [0.5, 0.6) is 0 Å². The van der Waals surface area contributed by atoms with Crippen LogP contribution in [-0.4, -0.2) is 20.7 Å². The average molecular weight is 324 g/mol. The Labute approximate surface area is 136 Å². The van der Waals surface area contributed by atoms with Crippen molar-refractivity contribution in [1.29, 1.82) is 5.41 Å². The smallest absolute Gasteiger partial charge is 0.266 e. The predicted molar refractivity (Wildman–Crippen MR) is 86.1 cm³/mol. The molecule has 0 radical (unpaired) electrons. The lowest BCUT2D eigenvalue weighted by atomic mass is 10.2. The van der Waals surface area contributed by atoms with E-state index in [0.717, 1.165) is 4.57 Å². The molecule has 3 aromatic rings. The molecule has 0 aliphatic rings. The third-order valence-corrected chi connectivity index (χ3v) is 3.26. The van der Waals surface area contributed by atoms with Crippen molar-refractivity contribution in [2.45, 2.75) is 0 Å². The topological polar surface area (TPSA) is 110 Å². The molecular weight excluding hydrogens is 311 g/mol. The van der Waals surface area contributed by atoms with E-state index in [0.29, 0.717) is 11.3 Å². The number of nitrogens with two attached hydrogens (primary N) is 1. The Bertz CT molecular complexity index is 937. The molecule has 8 heteroatoms. The summed E-state index contributed by atoms with van der Waals surface area (Å²) in [6.45, 7) is 0. The number of carbonyl (C=O) groups is 1. The molecule has 7 nitrogen and oxygen atoms in total. The van der Waals surface area contributed by atoms with E-state index in [9.17, 15) is 9.18 Å². The number of benzene rings is 2. The highest BCUT2D eigenvalue weighted by Gasteiger charge is 2.15. The van der Waals surface area contributed by atoms with Gasteiger partial charge in [0, 0.05) is 11.3 Å². The van der Waals surface area contributed by atoms with E-state index in [1.165, 1.54) is 24.3 Å². The second kappa shape index (κ2) is 6.29. The number of hydrogen-bond acceptors (Lipinski definition) is 6. The maximum Gasteiger partial charge on any atom is 0.266 e. The summed E-state index contributed by atoms with van der Waals surface area (Å²) in [6, 6.07) is 13.9. The SMILES string of the molecule is N=c1c(Nc2ccc(F)cc2)nnc(N)n1C(=O)c1ccccc1. The van der Waals surface area contributed by atoms with Crippen LogP contribution in [0.1, 0.15) is 10.4 Å². The first-order chi connectivity index (χ1) is 11.6. The van der Waals surface area contributed by atoms with E-state index < -0.39 is 5.91 Å². The number of carbonyl (C=O) groups excluding carboxylic acids is 1. The quantitative estimate of drug-likeness (QED) is 0.682. The maximum absolute atomic E-state index is 13.0. The van der Waals surface area contributed by atoms with Crippen LogP contribution in [0.15, 0.2) is 54.6 Å². The van der Waals surface area contributed by atoms with Crippen molar-refractivity contribution in [1.82, 2.24) is 14.8 Å². The van der Waals surface area contributed by atoms with Gasteiger partial charge in [0.1, 0.15) is 5.82 Å². The minimum absolute atomic E-state index is 0.0279. The molecule has 3 rings (SSSR count). The van der Waals surface area contributed by atoms with Gasteiger partial charge in [0.2, 0.25) is 5.95 Å². The van der Waals surface area contributed by atoms with Gasteiger partial charge in [-0.15, -0.1) is 10.2 Å². The standard InChI is InChI=1S/C16H13FN6O/c17-11-6-8-12(9-7-11)20-14-13(18)23(16(19)22-21-14)15(24)10-4-2-1-3-5-10/h1-9,18H,(H2,19,22)(H,20,21). The zero-order valence-electron chi connectivity index (χ0n) is 12.4. The molecule has 1 heterocycles. The Morgan fingerprint density at radius 1 is 1.08 bits per heavy atom. The molecule has 0 saturated heterocycles. The summed E-state index contributed by atoms with van der Waals surface area (Å²) < 4.78 is 13.9. The molecule has 0 spiro atoms. The lowest BCUT2D eigenvalue weighted by Gasteiger charge is -2.11. The van der Waals surface area contributed by atoms with Gasteiger partial charge in [-0.1, -0.05) is 18.2 Å². The Morgan fingerprint density at radius 2 is 1.75 bits per heavy atom. The highest BCUT2D eigenvalue weighted by molar-refractivity contribution is 5.97. The highest BCUT2D eigenvalue weighted by atomic mass is 19.1. The summed E-state index contributed by atoms with van der Waals surface area (Å²) >= 11 is 0. The van der Waals surface area contributed by atoms with E-state index in [1.54, 1.807) is 30.3 Å². The Morgan fingerprint density at radius 3 is 2.42 bits per heavy atom. The summed E-state index contributed by atoms with van der Waals surface area (Å²) in [5.41, 5.74) is 6.33. The van der Waals surface area contributed by atoms with Crippen molar-refractivity contribution in [3.63, 3.8) is 0 Å².